The van der Waals surface area contributed by atoms with E-state index in [2.05, 4.69) is 5.32 Å². The molecule has 3 N–H and O–H groups in total. The fraction of sp³-hybridized carbons (Fsp3) is 0.417. The molecule has 0 saturated carbocycles. The highest BCUT2D eigenvalue weighted by Crippen LogP contribution is 2.24. The van der Waals surface area contributed by atoms with Gasteiger partial charge in [0.2, 0.25) is 5.91 Å². The predicted octanol–water partition coefficient (Wildman–Crippen LogP) is 0.434. The first-order valence-corrected chi connectivity index (χ1v) is 5.68. The number of aliphatic hydroxyl groups excluding tert-OH is 2. The summed E-state index contributed by atoms with van der Waals surface area (Å²) in [4.78, 5) is 20.8. The molecule has 0 aliphatic rings. The lowest BCUT2D eigenvalue weighted by Gasteiger charge is -2.18. The number of rotatable bonds is 5. The second-order valence-corrected chi connectivity index (χ2v) is 4.25. The van der Waals surface area contributed by atoms with Gasteiger partial charge in [0, 0.05) is 25.1 Å². The number of benzene rings is 1. The molecule has 7 nitrogen and oxygen atoms in total. The Labute approximate surface area is 110 Å². The van der Waals surface area contributed by atoms with Crippen molar-refractivity contribution in [1.82, 2.24) is 5.32 Å². The first-order chi connectivity index (χ1) is 8.82. The van der Waals surface area contributed by atoms with Crippen molar-refractivity contribution in [3.05, 3.63) is 39.4 Å². The van der Waals surface area contributed by atoms with Crippen molar-refractivity contribution in [3.8, 4) is 0 Å². The second-order valence-electron chi connectivity index (χ2n) is 4.25. The lowest BCUT2D eigenvalue weighted by molar-refractivity contribution is -0.385. The number of carbonyl (C=O) groups is 1. The maximum absolute atomic E-state index is 10.7. The molecule has 0 radical (unpaired) electrons. The molecule has 1 rings (SSSR count). The Kier molecular flexibility index (Phi) is 4.96. The van der Waals surface area contributed by atoms with Crippen LogP contribution in [0.4, 0.5) is 5.69 Å². The molecular formula is C12H16N2O5. The van der Waals surface area contributed by atoms with Crippen LogP contribution in [0.15, 0.2) is 18.2 Å². The van der Waals surface area contributed by atoms with Gasteiger partial charge >= 0.3 is 0 Å². The van der Waals surface area contributed by atoms with Gasteiger partial charge in [0.1, 0.15) is 12.2 Å². The molecule has 0 aliphatic carbocycles. The summed E-state index contributed by atoms with van der Waals surface area (Å²) in [6.07, 6.45) is -2.39. The Morgan fingerprint density at radius 1 is 1.47 bits per heavy atom. The highest BCUT2D eigenvalue weighted by atomic mass is 16.6. The Bertz CT molecular complexity index is 489. The fourth-order valence-electron chi connectivity index (χ4n) is 1.65. The minimum Gasteiger partial charge on any atom is -0.388 e. The summed E-state index contributed by atoms with van der Waals surface area (Å²) in [6, 6.07) is 4.10. The summed E-state index contributed by atoms with van der Waals surface area (Å²) in [5.41, 5.74) is 0.710. The van der Waals surface area contributed by atoms with E-state index in [1.807, 2.05) is 0 Å². The molecule has 2 unspecified atom stereocenters. The molecule has 0 fully saturated rings. The molecule has 1 amide bonds. The van der Waals surface area contributed by atoms with Crippen LogP contribution in [-0.2, 0) is 4.79 Å². The molecule has 2 atom stereocenters. The quantitative estimate of drug-likeness (QED) is 0.529. The Balaban J connectivity index is 2.82. The number of nitro benzene ring substituents is 1. The van der Waals surface area contributed by atoms with Crippen LogP contribution in [0.5, 0.6) is 0 Å². The third-order valence-corrected chi connectivity index (χ3v) is 2.68. The van der Waals surface area contributed by atoms with Crippen molar-refractivity contribution >= 4 is 11.6 Å². The summed E-state index contributed by atoms with van der Waals surface area (Å²) in [6.45, 7) is 2.76. The highest BCUT2D eigenvalue weighted by Gasteiger charge is 2.20. The first-order valence-electron chi connectivity index (χ1n) is 5.68. The van der Waals surface area contributed by atoms with Crippen LogP contribution in [0.3, 0.4) is 0 Å². The van der Waals surface area contributed by atoms with Crippen LogP contribution >= 0.6 is 0 Å². The molecule has 0 aromatic heterocycles. The third kappa shape index (κ3) is 4.01. The average Bonchev–Trinajstić information content (AvgIpc) is 2.34. The normalized spacial score (nSPS) is 13.7. The van der Waals surface area contributed by atoms with E-state index in [-0.39, 0.29) is 18.1 Å². The van der Waals surface area contributed by atoms with Gasteiger partial charge in [-0.2, -0.15) is 0 Å². The van der Waals surface area contributed by atoms with Gasteiger partial charge in [-0.05, 0) is 24.6 Å². The molecular weight excluding hydrogens is 252 g/mol. The van der Waals surface area contributed by atoms with E-state index in [0.29, 0.717) is 11.1 Å². The van der Waals surface area contributed by atoms with Crippen LogP contribution in [0, 0.1) is 17.0 Å². The number of hydrogen-bond donors (Lipinski definition) is 3. The number of aliphatic hydroxyl groups is 2. The minimum absolute atomic E-state index is 0.0488. The molecule has 0 spiro atoms. The number of carbonyl (C=O) groups excluding carboxylic acids is 1. The van der Waals surface area contributed by atoms with Crippen molar-refractivity contribution in [2.75, 3.05) is 6.54 Å². The number of hydrogen-bond acceptors (Lipinski definition) is 5. The van der Waals surface area contributed by atoms with Gasteiger partial charge < -0.3 is 15.5 Å². The van der Waals surface area contributed by atoms with Crippen molar-refractivity contribution in [3.63, 3.8) is 0 Å². The van der Waals surface area contributed by atoms with E-state index in [0.717, 1.165) is 0 Å². The summed E-state index contributed by atoms with van der Waals surface area (Å²) < 4.78 is 0. The van der Waals surface area contributed by atoms with E-state index in [4.69, 9.17) is 0 Å². The maximum Gasteiger partial charge on any atom is 0.272 e. The van der Waals surface area contributed by atoms with E-state index in [1.165, 1.54) is 25.1 Å². The van der Waals surface area contributed by atoms with E-state index in [1.54, 1.807) is 6.92 Å². The number of amides is 1. The summed E-state index contributed by atoms with van der Waals surface area (Å²) in [5, 5.41) is 32.6. The molecule has 1 aromatic rings. The van der Waals surface area contributed by atoms with Crippen molar-refractivity contribution in [2.45, 2.75) is 26.1 Å². The average molecular weight is 268 g/mol. The standard InChI is InChI=1S/C12H16N2O5/c1-7-5-9(3-4-10(7)14(18)19)12(17)11(16)6-13-8(2)15/h3-5,11-12,16-17H,6H2,1-2H3,(H,13,15). The number of nitro groups is 1. The van der Waals surface area contributed by atoms with Crippen LogP contribution < -0.4 is 5.32 Å². The molecule has 0 aliphatic heterocycles. The molecule has 0 saturated heterocycles. The predicted molar refractivity (Wildman–Crippen MR) is 67.5 cm³/mol. The van der Waals surface area contributed by atoms with Crippen LogP contribution in [0.2, 0.25) is 0 Å². The van der Waals surface area contributed by atoms with Gasteiger partial charge in [-0.1, -0.05) is 0 Å². The van der Waals surface area contributed by atoms with Gasteiger partial charge in [-0.15, -0.1) is 0 Å². The Hall–Kier alpha value is -1.99. The third-order valence-electron chi connectivity index (χ3n) is 2.68. The monoisotopic (exact) mass is 268 g/mol. The number of nitrogens with one attached hydrogen (secondary N) is 1. The van der Waals surface area contributed by atoms with Crippen LogP contribution in [0.1, 0.15) is 24.2 Å². The van der Waals surface area contributed by atoms with Gasteiger partial charge in [0.25, 0.3) is 5.69 Å². The largest absolute Gasteiger partial charge is 0.388 e. The number of nitrogens with zero attached hydrogens (tertiary/aromatic N) is 1. The minimum atomic E-state index is -1.22. The van der Waals surface area contributed by atoms with Crippen molar-refractivity contribution in [2.24, 2.45) is 0 Å². The fourth-order valence-corrected chi connectivity index (χ4v) is 1.65. The van der Waals surface area contributed by atoms with Crippen LogP contribution in [-0.4, -0.2) is 33.7 Å². The van der Waals surface area contributed by atoms with Gasteiger partial charge in [0.05, 0.1) is 4.92 Å². The second kappa shape index (κ2) is 6.26. The lowest BCUT2D eigenvalue weighted by atomic mass is 10.0. The van der Waals surface area contributed by atoms with E-state index >= 15 is 0 Å². The van der Waals surface area contributed by atoms with Crippen LogP contribution in [0.25, 0.3) is 0 Å². The van der Waals surface area contributed by atoms with Gasteiger partial charge in [0.15, 0.2) is 0 Å². The summed E-state index contributed by atoms with van der Waals surface area (Å²) >= 11 is 0. The Morgan fingerprint density at radius 3 is 2.58 bits per heavy atom. The molecule has 0 bridgehead atoms. The Morgan fingerprint density at radius 2 is 2.11 bits per heavy atom. The van der Waals surface area contributed by atoms with Crippen molar-refractivity contribution in [1.29, 1.82) is 0 Å². The van der Waals surface area contributed by atoms with Gasteiger partial charge in [-0.3, -0.25) is 14.9 Å². The highest BCUT2D eigenvalue weighted by molar-refractivity contribution is 5.72. The zero-order valence-corrected chi connectivity index (χ0v) is 10.7. The summed E-state index contributed by atoms with van der Waals surface area (Å²) in [7, 11) is 0. The zero-order chi connectivity index (χ0) is 14.6. The molecule has 104 valence electrons. The van der Waals surface area contributed by atoms with E-state index < -0.39 is 17.1 Å². The SMILES string of the molecule is CC(=O)NCC(O)C(O)c1ccc([N+](=O)[O-])c(C)c1. The topological polar surface area (TPSA) is 113 Å². The van der Waals surface area contributed by atoms with Crippen molar-refractivity contribution < 1.29 is 19.9 Å². The lowest BCUT2D eigenvalue weighted by Crippen LogP contribution is -2.34. The molecule has 0 heterocycles. The first kappa shape index (κ1) is 15.1. The zero-order valence-electron chi connectivity index (χ0n) is 10.7. The molecule has 19 heavy (non-hydrogen) atoms. The van der Waals surface area contributed by atoms with Gasteiger partial charge in [-0.25, -0.2) is 0 Å². The smallest absolute Gasteiger partial charge is 0.272 e. The summed E-state index contributed by atoms with van der Waals surface area (Å²) in [5.74, 6) is -0.314. The number of aryl methyl sites for hydroxylation is 1. The molecule has 7 heteroatoms. The van der Waals surface area contributed by atoms with E-state index in [9.17, 15) is 25.1 Å². The molecule has 1 aromatic carbocycles. The maximum atomic E-state index is 10.7.